The Kier molecular flexibility index (Phi) is 7.18. The van der Waals surface area contributed by atoms with Gasteiger partial charge in [-0.15, -0.1) is 9.24 Å². The van der Waals surface area contributed by atoms with Gasteiger partial charge in [-0.2, -0.15) is 0 Å². The molecule has 2 heterocycles. The summed E-state index contributed by atoms with van der Waals surface area (Å²) in [5.41, 5.74) is -0.365. The summed E-state index contributed by atoms with van der Waals surface area (Å²) in [5, 5.41) is 12.3. The lowest BCUT2D eigenvalue weighted by Gasteiger charge is -2.48. The number of benzene rings is 1. The van der Waals surface area contributed by atoms with Crippen LogP contribution in [0.25, 0.3) is 0 Å². The molecule has 9 atom stereocenters. The maximum absolute atomic E-state index is 11.0. The molecule has 2 N–H and O–H groups in total. The summed E-state index contributed by atoms with van der Waals surface area (Å²) < 4.78 is 26.2. The molecule has 1 aromatic carbocycles. The van der Waals surface area contributed by atoms with Crippen LogP contribution in [0.3, 0.4) is 0 Å². The Balaban J connectivity index is 1.77. The first-order valence-electron chi connectivity index (χ1n) is 8.29. The van der Waals surface area contributed by atoms with Crippen LogP contribution in [0.4, 0.5) is 0 Å². The predicted octanol–water partition coefficient (Wildman–Crippen LogP) is 2.26. The molecule has 0 radical (unpaired) electrons. The van der Waals surface area contributed by atoms with E-state index in [9.17, 15) is 5.11 Å². The van der Waals surface area contributed by atoms with Crippen molar-refractivity contribution in [3.8, 4) is 0 Å². The van der Waals surface area contributed by atoms with Crippen LogP contribution in [-0.2, 0) is 14.2 Å². The lowest BCUT2D eigenvalue weighted by molar-refractivity contribution is -0.276. The summed E-state index contributed by atoms with van der Waals surface area (Å²) in [6.07, 6.45) is -1.14. The van der Waals surface area contributed by atoms with E-state index < -0.39 is 18.2 Å². The highest BCUT2D eigenvalue weighted by atomic mass is 32.2. The van der Waals surface area contributed by atoms with Gasteiger partial charge in [0.25, 0.3) is 0 Å². The number of hydrogen-bond donors (Lipinski definition) is 2. The Hall–Kier alpha value is 0.660. The van der Waals surface area contributed by atoms with E-state index in [0.717, 1.165) is 13.2 Å². The van der Waals surface area contributed by atoms with Gasteiger partial charge >= 0.3 is 0 Å². The van der Waals surface area contributed by atoms with Crippen LogP contribution in [0.2, 0.25) is 1.41 Å². The molecule has 0 amide bonds. The van der Waals surface area contributed by atoms with Crippen LogP contribution >= 0.6 is 37.5 Å². The SMILES string of the molecule is [3H]N(CP)C1[C@@H](O)[C@@H]2OC(PPC)OCC2O[C@H]1Sc1ccccc1. The number of ether oxygens (including phenoxy) is 3. The van der Waals surface area contributed by atoms with Gasteiger partial charge in [-0.25, -0.2) is 0 Å². The smallest absolute Gasteiger partial charge is 0.177 e. The van der Waals surface area contributed by atoms with E-state index in [-0.39, 0.29) is 17.6 Å². The van der Waals surface area contributed by atoms with E-state index in [1.54, 1.807) is 0 Å². The Morgan fingerprint density at radius 2 is 2.21 bits per heavy atom. The Bertz CT molecular complexity index is 549. The molecule has 0 spiro atoms. The fourth-order valence-electron chi connectivity index (χ4n) is 2.81. The van der Waals surface area contributed by atoms with Crippen molar-refractivity contribution in [1.29, 1.82) is 0 Å². The van der Waals surface area contributed by atoms with Crippen LogP contribution in [-0.4, -0.2) is 60.5 Å². The first kappa shape index (κ1) is 18.0. The van der Waals surface area contributed by atoms with Crippen molar-refractivity contribution in [2.75, 3.05) is 19.6 Å². The van der Waals surface area contributed by atoms with E-state index in [1.807, 2.05) is 30.3 Å². The molecule has 6 unspecified atom stereocenters. The molecule has 0 bridgehead atoms. The molecule has 0 aromatic heterocycles. The van der Waals surface area contributed by atoms with Gasteiger partial charge in [-0.3, -0.25) is 0 Å². The minimum Gasteiger partial charge on any atom is -0.389 e. The summed E-state index contributed by atoms with van der Waals surface area (Å²) >= 11 is 1.53. The number of thioether (sulfide) groups is 1. The third kappa shape index (κ3) is 4.68. The molecule has 24 heavy (non-hydrogen) atoms. The van der Waals surface area contributed by atoms with Crippen LogP contribution < -0.4 is 5.31 Å². The lowest BCUT2D eigenvalue weighted by atomic mass is 9.97. The summed E-state index contributed by atoms with van der Waals surface area (Å²) in [7, 11) is 3.84. The second-order valence-electron chi connectivity index (χ2n) is 5.48. The number of fused-ring (bicyclic) bond motifs is 1. The van der Waals surface area contributed by atoms with Crippen LogP contribution in [0.1, 0.15) is 0 Å². The molecule has 0 saturated carbocycles. The molecule has 9 heteroatoms. The van der Waals surface area contributed by atoms with E-state index in [2.05, 4.69) is 15.9 Å². The number of rotatable bonds is 6. The zero-order chi connectivity index (χ0) is 17.8. The van der Waals surface area contributed by atoms with Gasteiger partial charge in [0.2, 0.25) is 0 Å². The lowest BCUT2D eigenvalue weighted by Crippen LogP contribution is -2.65. The highest BCUT2D eigenvalue weighted by molar-refractivity contribution is 8.11. The zero-order valence-corrected chi connectivity index (χ0v) is 17.3. The molecular weight excluding hydrogens is 383 g/mol. The number of nitrogens with one attached hydrogen (secondary N) is 1. The van der Waals surface area contributed by atoms with E-state index in [0.29, 0.717) is 21.2 Å². The van der Waals surface area contributed by atoms with Crippen molar-refractivity contribution in [2.24, 2.45) is 0 Å². The highest BCUT2D eigenvalue weighted by Gasteiger charge is 2.48. The van der Waals surface area contributed by atoms with Crippen molar-refractivity contribution >= 4 is 37.5 Å². The van der Waals surface area contributed by atoms with Crippen molar-refractivity contribution < 1.29 is 20.7 Å². The molecule has 3 rings (SSSR count). The van der Waals surface area contributed by atoms with Gasteiger partial charge in [0.05, 0.1) is 12.6 Å². The Labute approximate surface area is 154 Å². The monoisotopic (exact) mass is 409 g/mol. The molecule has 134 valence electrons. The minimum atomic E-state index is -0.797. The van der Waals surface area contributed by atoms with Crippen molar-refractivity contribution in [2.45, 2.75) is 40.7 Å². The van der Waals surface area contributed by atoms with Gasteiger partial charge in [-0.05, 0) is 27.1 Å². The third-order valence-corrected chi connectivity index (χ3v) is 7.68. The molecular formula is C15H24NO4P3S. The van der Waals surface area contributed by atoms with Crippen molar-refractivity contribution in [3.05, 3.63) is 30.3 Å². The van der Waals surface area contributed by atoms with Gasteiger partial charge < -0.3 is 24.6 Å². The van der Waals surface area contributed by atoms with Crippen molar-refractivity contribution in [1.82, 2.24) is 5.31 Å². The molecule has 1 aromatic rings. The van der Waals surface area contributed by atoms with Gasteiger partial charge in [0.15, 0.2) is 6.03 Å². The quantitative estimate of drug-likeness (QED) is 0.703. The Morgan fingerprint density at radius 3 is 2.92 bits per heavy atom. The third-order valence-electron chi connectivity index (χ3n) is 3.91. The number of hydrogen-bond acceptors (Lipinski definition) is 6. The van der Waals surface area contributed by atoms with Gasteiger partial charge in [-0.1, -0.05) is 38.2 Å². The molecule has 0 aliphatic carbocycles. The number of aliphatic hydroxyl groups is 1. The van der Waals surface area contributed by atoms with Gasteiger partial charge in [0, 0.05) is 11.2 Å². The van der Waals surface area contributed by atoms with E-state index >= 15 is 0 Å². The standard InChI is InChI=1S/C15H24NO4P3S/c1-22-23-15-18-7-10-13(20-15)12(17)11(16-8-21)14(19-10)24-9-5-3-2-4-6-9/h2-6,10-17,22-23H,7-8,21H2,1H3/t10?,11?,12-,13-,14+,15?/m1/s1/i/hT. The van der Waals surface area contributed by atoms with Crippen LogP contribution in [0, 0.1) is 0 Å². The number of aliphatic hydroxyl groups excluding tert-OH is 1. The maximum atomic E-state index is 11.0. The van der Waals surface area contributed by atoms with Crippen LogP contribution in [0.5, 0.6) is 0 Å². The van der Waals surface area contributed by atoms with E-state index in [1.165, 1.54) is 17.1 Å². The average molecular weight is 409 g/mol. The minimum absolute atomic E-state index is 0.267. The second kappa shape index (κ2) is 9.55. The predicted molar refractivity (Wildman–Crippen MR) is 106 cm³/mol. The molecule has 5 nitrogen and oxygen atoms in total. The summed E-state index contributed by atoms with van der Waals surface area (Å²) in [4.78, 5) is 1.05. The Morgan fingerprint density at radius 1 is 1.42 bits per heavy atom. The first-order valence-corrected chi connectivity index (χ1v) is 13.1. The molecule has 2 saturated heterocycles. The summed E-state index contributed by atoms with van der Waals surface area (Å²) in [5.74, 6) is 0. The molecule has 2 aliphatic heterocycles. The van der Waals surface area contributed by atoms with E-state index in [4.69, 9.17) is 15.6 Å². The molecule has 2 fully saturated rings. The van der Waals surface area contributed by atoms with Gasteiger partial charge in [0.1, 0.15) is 25.2 Å². The largest absolute Gasteiger partial charge is 0.389 e. The van der Waals surface area contributed by atoms with Crippen LogP contribution in [0.15, 0.2) is 35.2 Å². The zero-order valence-electron chi connectivity index (χ0n) is 14.4. The first-order chi connectivity index (χ1) is 12.1. The normalized spacial score (nSPS) is 38.1. The molecule has 2 aliphatic rings. The fourth-order valence-corrected chi connectivity index (χ4v) is 6.02. The van der Waals surface area contributed by atoms with Crippen molar-refractivity contribution in [3.63, 3.8) is 0 Å². The highest BCUT2D eigenvalue weighted by Crippen LogP contribution is 2.44. The second-order valence-corrected chi connectivity index (χ2v) is 10.6. The average Bonchev–Trinajstić information content (AvgIpc) is 2.63. The fraction of sp³-hybridized carbons (Fsp3) is 0.600. The topological polar surface area (TPSA) is 60.0 Å². The maximum Gasteiger partial charge on any atom is 0.177 e. The summed E-state index contributed by atoms with van der Waals surface area (Å²) in [6.45, 7) is 2.53. The summed E-state index contributed by atoms with van der Waals surface area (Å²) in [6, 6.07) is 9.17.